The van der Waals surface area contributed by atoms with E-state index in [1.807, 2.05) is 6.07 Å². The van der Waals surface area contributed by atoms with Crippen LogP contribution in [0.4, 0.5) is 4.39 Å². The summed E-state index contributed by atoms with van der Waals surface area (Å²) in [7, 11) is 1.16. The third-order valence-corrected chi connectivity index (χ3v) is 2.36. The van der Waals surface area contributed by atoms with Crippen molar-refractivity contribution in [2.24, 2.45) is 0 Å². The summed E-state index contributed by atoms with van der Waals surface area (Å²) in [5.74, 6) is -1.09. The molecule has 0 saturated carbocycles. The summed E-state index contributed by atoms with van der Waals surface area (Å²) in [4.78, 5) is 18.6. The van der Waals surface area contributed by atoms with Gasteiger partial charge in [-0.1, -0.05) is 18.2 Å². The minimum Gasteiger partial charge on any atom is -0.487 e. The van der Waals surface area contributed by atoms with Crippen molar-refractivity contribution in [2.45, 2.75) is 6.61 Å². The van der Waals surface area contributed by atoms with Crippen molar-refractivity contribution in [3.05, 3.63) is 53.9 Å². The van der Waals surface area contributed by atoms with Crippen molar-refractivity contribution in [3.8, 4) is 5.75 Å². The molecule has 0 spiro atoms. The number of para-hydroxylation sites is 1. The van der Waals surface area contributed by atoms with E-state index in [2.05, 4.69) is 14.7 Å². The van der Waals surface area contributed by atoms with E-state index in [0.717, 1.165) is 13.4 Å². The van der Waals surface area contributed by atoms with Gasteiger partial charge >= 0.3 is 5.97 Å². The number of rotatable bonds is 4. The minimum atomic E-state index is -0.846. The Morgan fingerprint density at radius 1 is 1.26 bits per heavy atom. The monoisotopic (exact) mass is 262 g/mol. The van der Waals surface area contributed by atoms with Crippen molar-refractivity contribution < 1.29 is 18.7 Å². The fourth-order valence-electron chi connectivity index (χ4n) is 1.41. The highest BCUT2D eigenvalue weighted by Gasteiger charge is 2.18. The summed E-state index contributed by atoms with van der Waals surface area (Å²) in [5.41, 5.74) is -0.400. The lowest BCUT2D eigenvalue weighted by atomic mass is 10.3. The standard InChI is InChI=1S/C13H11FN2O3/c1-18-13(17)12-11(14)10(15-8-16-12)7-19-9-5-3-2-4-6-9/h2-6,8H,7H2,1H3. The molecule has 0 amide bonds. The van der Waals surface area contributed by atoms with Crippen LogP contribution in [0.3, 0.4) is 0 Å². The van der Waals surface area contributed by atoms with E-state index in [-0.39, 0.29) is 12.3 Å². The number of nitrogens with zero attached hydrogens (tertiary/aromatic N) is 2. The summed E-state index contributed by atoms with van der Waals surface area (Å²) in [6, 6.07) is 8.91. The van der Waals surface area contributed by atoms with Crippen LogP contribution >= 0.6 is 0 Å². The number of carbonyl (C=O) groups excluding carboxylic acids is 1. The molecule has 0 aliphatic heterocycles. The molecule has 0 aliphatic rings. The number of hydrogen-bond donors (Lipinski definition) is 0. The SMILES string of the molecule is COC(=O)c1ncnc(COc2ccccc2)c1F. The van der Waals surface area contributed by atoms with E-state index >= 15 is 0 Å². The second-order valence-corrected chi connectivity index (χ2v) is 3.58. The van der Waals surface area contributed by atoms with Gasteiger partial charge in [0.25, 0.3) is 0 Å². The first-order valence-corrected chi connectivity index (χ1v) is 5.48. The zero-order valence-corrected chi connectivity index (χ0v) is 10.2. The van der Waals surface area contributed by atoms with Crippen molar-refractivity contribution in [2.75, 3.05) is 7.11 Å². The molecule has 2 aromatic rings. The second-order valence-electron chi connectivity index (χ2n) is 3.58. The Morgan fingerprint density at radius 3 is 2.68 bits per heavy atom. The van der Waals surface area contributed by atoms with Crippen molar-refractivity contribution in [3.63, 3.8) is 0 Å². The molecule has 0 saturated heterocycles. The fourth-order valence-corrected chi connectivity index (χ4v) is 1.41. The quantitative estimate of drug-likeness (QED) is 0.788. The van der Waals surface area contributed by atoms with Crippen LogP contribution in [-0.2, 0) is 11.3 Å². The average Bonchev–Trinajstić information content (AvgIpc) is 2.46. The van der Waals surface area contributed by atoms with Gasteiger partial charge in [-0.2, -0.15) is 0 Å². The first-order valence-electron chi connectivity index (χ1n) is 5.48. The summed E-state index contributed by atoms with van der Waals surface area (Å²) in [6.45, 7) is -0.0949. The van der Waals surface area contributed by atoms with E-state index in [9.17, 15) is 9.18 Å². The van der Waals surface area contributed by atoms with E-state index in [4.69, 9.17) is 4.74 Å². The molecule has 6 heteroatoms. The van der Waals surface area contributed by atoms with Crippen molar-refractivity contribution in [1.82, 2.24) is 9.97 Å². The fraction of sp³-hybridized carbons (Fsp3) is 0.154. The number of carbonyl (C=O) groups is 1. The molecular weight excluding hydrogens is 251 g/mol. The van der Waals surface area contributed by atoms with Crippen molar-refractivity contribution in [1.29, 1.82) is 0 Å². The molecule has 1 heterocycles. The lowest BCUT2D eigenvalue weighted by Crippen LogP contribution is -2.12. The molecule has 0 radical (unpaired) electrons. The number of methoxy groups -OCH3 is 1. The zero-order chi connectivity index (χ0) is 13.7. The maximum absolute atomic E-state index is 13.9. The number of benzene rings is 1. The number of hydrogen-bond acceptors (Lipinski definition) is 5. The van der Waals surface area contributed by atoms with Crippen LogP contribution in [0.15, 0.2) is 36.7 Å². The highest BCUT2D eigenvalue weighted by Crippen LogP contribution is 2.14. The van der Waals surface area contributed by atoms with Gasteiger partial charge < -0.3 is 9.47 Å². The molecule has 0 bridgehead atoms. The topological polar surface area (TPSA) is 61.3 Å². The Labute approximate surface area is 109 Å². The van der Waals surface area contributed by atoms with Gasteiger partial charge in [0.2, 0.25) is 0 Å². The third-order valence-electron chi connectivity index (χ3n) is 2.36. The largest absolute Gasteiger partial charge is 0.487 e. The lowest BCUT2D eigenvalue weighted by Gasteiger charge is -2.07. The van der Waals surface area contributed by atoms with Crippen LogP contribution in [0.5, 0.6) is 5.75 Å². The smallest absolute Gasteiger partial charge is 0.359 e. The van der Waals surface area contributed by atoms with Crippen LogP contribution in [0.1, 0.15) is 16.2 Å². The van der Waals surface area contributed by atoms with Crippen LogP contribution in [-0.4, -0.2) is 23.0 Å². The lowest BCUT2D eigenvalue weighted by molar-refractivity contribution is 0.0587. The van der Waals surface area contributed by atoms with Crippen LogP contribution < -0.4 is 4.74 Å². The summed E-state index contributed by atoms with van der Waals surface area (Å²) < 4.78 is 23.7. The average molecular weight is 262 g/mol. The summed E-state index contributed by atoms with van der Waals surface area (Å²) in [6.07, 6.45) is 1.10. The van der Waals surface area contributed by atoms with Gasteiger partial charge in [0.1, 0.15) is 24.4 Å². The highest BCUT2D eigenvalue weighted by atomic mass is 19.1. The number of aromatic nitrogens is 2. The van der Waals surface area contributed by atoms with E-state index in [1.165, 1.54) is 0 Å². The van der Waals surface area contributed by atoms with Crippen LogP contribution in [0, 0.1) is 5.82 Å². The van der Waals surface area contributed by atoms with Gasteiger partial charge in [0.15, 0.2) is 11.5 Å². The molecule has 98 valence electrons. The van der Waals surface area contributed by atoms with Crippen LogP contribution in [0.2, 0.25) is 0 Å². The summed E-state index contributed by atoms with van der Waals surface area (Å²) in [5, 5.41) is 0. The van der Waals surface area contributed by atoms with Gasteiger partial charge in [0, 0.05) is 0 Å². The molecule has 0 fully saturated rings. The second kappa shape index (κ2) is 5.90. The number of halogens is 1. The van der Waals surface area contributed by atoms with Gasteiger partial charge in [-0.05, 0) is 12.1 Å². The molecule has 19 heavy (non-hydrogen) atoms. The Bertz CT molecular complexity index is 575. The normalized spacial score (nSPS) is 10.0. The van der Waals surface area contributed by atoms with Gasteiger partial charge in [-0.3, -0.25) is 0 Å². The number of ether oxygens (including phenoxy) is 2. The first kappa shape index (κ1) is 12.9. The molecule has 0 atom stereocenters. The molecular formula is C13H11FN2O3. The Balaban J connectivity index is 2.15. The molecule has 5 nitrogen and oxygen atoms in total. The first-order chi connectivity index (χ1) is 9.22. The molecule has 1 aromatic carbocycles. The third kappa shape index (κ3) is 3.04. The predicted octanol–water partition coefficient (Wildman–Crippen LogP) is 1.98. The van der Waals surface area contributed by atoms with E-state index < -0.39 is 17.5 Å². The molecule has 0 unspecified atom stereocenters. The van der Waals surface area contributed by atoms with Gasteiger partial charge in [-0.15, -0.1) is 0 Å². The summed E-state index contributed by atoms with van der Waals surface area (Å²) >= 11 is 0. The molecule has 0 N–H and O–H groups in total. The Hall–Kier alpha value is -2.50. The minimum absolute atomic E-state index is 0.000692. The highest BCUT2D eigenvalue weighted by molar-refractivity contribution is 5.87. The molecule has 2 rings (SSSR count). The van der Waals surface area contributed by atoms with Gasteiger partial charge in [0.05, 0.1) is 7.11 Å². The molecule has 0 aliphatic carbocycles. The number of esters is 1. The predicted molar refractivity (Wildman–Crippen MR) is 64.1 cm³/mol. The molecule has 1 aromatic heterocycles. The van der Waals surface area contributed by atoms with Crippen molar-refractivity contribution >= 4 is 5.97 Å². The van der Waals surface area contributed by atoms with Gasteiger partial charge in [-0.25, -0.2) is 19.2 Å². The maximum atomic E-state index is 13.9. The van der Waals surface area contributed by atoms with Crippen LogP contribution in [0.25, 0.3) is 0 Å². The Morgan fingerprint density at radius 2 is 2.00 bits per heavy atom. The Kier molecular flexibility index (Phi) is 4.02. The van der Waals surface area contributed by atoms with E-state index in [1.54, 1.807) is 24.3 Å². The van der Waals surface area contributed by atoms with E-state index in [0.29, 0.717) is 5.75 Å². The maximum Gasteiger partial charge on any atom is 0.359 e. The zero-order valence-electron chi connectivity index (χ0n) is 10.2.